The number of alkyl halides is 3. The molecule has 0 unspecified atom stereocenters. The monoisotopic (exact) mass is 363 g/mol. The molecule has 0 spiro atoms. The van der Waals surface area contributed by atoms with Gasteiger partial charge in [0, 0.05) is 11.0 Å². The fourth-order valence-electron chi connectivity index (χ4n) is 2.66. The highest BCUT2D eigenvalue weighted by Gasteiger charge is 2.31. The van der Waals surface area contributed by atoms with Crippen molar-refractivity contribution in [3.05, 3.63) is 33.8 Å². The first kappa shape index (κ1) is 16.3. The summed E-state index contributed by atoms with van der Waals surface area (Å²) in [4.78, 5) is 12.0. The predicted molar refractivity (Wildman–Crippen MR) is 78.1 cm³/mol. The molecule has 2 nitrogen and oxygen atoms in total. The maximum absolute atomic E-state index is 12.7. The molecule has 1 fully saturated rings. The number of halogens is 4. The Kier molecular flexibility index (Phi) is 5.30. The number of hydrogen-bond acceptors (Lipinski definition) is 1. The summed E-state index contributed by atoms with van der Waals surface area (Å²) in [5, 5.41) is 2.71. The summed E-state index contributed by atoms with van der Waals surface area (Å²) in [6.07, 6.45) is 1.28. The van der Waals surface area contributed by atoms with Gasteiger partial charge in [-0.3, -0.25) is 4.79 Å². The molecule has 6 heteroatoms. The molecule has 1 saturated carbocycles. The lowest BCUT2D eigenvalue weighted by molar-refractivity contribution is -0.137. The molecule has 1 amide bonds. The van der Waals surface area contributed by atoms with Crippen LogP contribution in [0.1, 0.15) is 48.0 Å². The standard InChI is InChI=1S/C15H17BrF3NO/c16-13-6-5-11(15(17,18)19)9-12(13)14(21)20-8-7-10-3-1-2-4-10/h5-6,9-10H,1-4,7-8H2,(H,20,21). The van der Waals surface area contributed by atoms with Crippen LogP contribution in [0.25, 0.3) is 0 Å². The van der Waals surface area contributed by atoms with Crippen molar-refractivity contribution in [3.63, 3.8) is 0 Å². The minimum Gasteiger partial charge on any atom is -0.352 e. The highest BCUT2D eigenvalue weighted by molar-refractivity contribution is 9.10. The molecule has 0 aliphatic heterocycles. The normalized spacial score (nSPS) is 16.2. The van der Waals surface area contributed by atoms with Crippen molar-refractivity contribution in [2.75, 3.05) is 6.54 Å². The molecule has 1 aliphatic rings. The van der Waals surface area contributed by atoms with Crippen molar-refractivity contribution in [1.29, 1.82) is 0 Å². The zero-order valence-corrected chi connectivity index (χ0v) is 13.1. The molecular formula is C15H17BrF3NO. The minimum atomic E-state index is -4.44. The number of hydrogen-bond donors (Lipinski definition) is 1. The fourth-order valence-corrected chi connectivity index (χ4v) is 3.09. The van der Waals surface area contributed by atoms with Crippen LogP contribution in [0.3, 0.4) is 0 Å². The second kappa shape index (κ2) is 6.81. The molecule has 0 radical (unpaired) electrons. The summed E-state index contributed by atoms with van der Waals surface area (Å²) in [6.45, 7) is 0.506. The Hall–Kier alpha value is -1.04. The van der Waals surface area contributed by atoms with Crippen LogP contribution in [0.4, 0.5) is 13.2 Å². The quantitative estimate of drug-likeness (QED) is 0.819. The molecule has 0 atom stereocenters. The third-order valence-electron chi connectivity index (χ3n) is 3.85. The molecule has 1 N–H and O–H groups in total. The molecule has 2 rings (SSSR count). The molecule has 0 bridgehead atoms. The first-order chi connectivity index (χ1) is 9.88. The minimum absolute atomic E-state index is 0.0243. The number of rotatable bonds is 4. The summed E-state index contributed by atoms with van der Waals surface area (Å²) in [6, 6.07) is 3.10. The van der Waals surface area contributed by atoms with Crippen molar-refractivity contribution in [2.45, 2.75) is 38.3 Å². The van der Waals surface area contributed by atoms with Crippen LogP contribution in [-0.4, -0.2) is 12.5 Å². The van der Waals surface area contributed by atoms with Gasteiger partial charge in [-0.05, 0) is 46.5 Å². The summed E-state index contributed by atoms with van der Waals surface area (Å²) >= 11 is 3.13. The average molecular weight is 364 g/mol. The van der Waals surface area contributed by atoms with Gasteiger partial charge in [-0.15, -0.1) is 0 Å². The SMILES string of the molecule is O=C(NCCC1CCCC1)c1cc(C(F)(F)F)ccc1Br. The lowest BCUT2D eigenvalue weighted by Gasteiger charge is -2.12. The Balaban J connectivity index is 1.97. The summed E-state index contributed by atoms with van der Waals surface area (Å²) in [7, 11) is 0. The van der Waals surface area contributed by atoms with E-state index in [9.17, 15) is 18.0 Å². The van der Waals surface area contributed by atoms with Gasteiger partial charge in [-0.2, -0.15) is 13.2 Å². The van der Waals surface area contributed by atoms with Gasteiger partial charge in [-0.1, -0.05) is 25.7 Å². The lowest BCUT2D eigenvalue weighted by Crippen LogP contribution is -2.26. The van der Waals surface area contributed by atoms with E-state index >= 15 is 0 Å². The maximum atomic E-state index is 12.7. The Morgan fingerprint density at radius 1 is 1.29 bits per heavy atom. The van der Waals surface area contributed by atoms with Crippen LogP contribution >= 0.6 is 15.9 Å². The fraction of sp³-hybridized carbons (Fsp3) is 0.533. The van der Waals surface area contributed by atoms with E-state index in [4.69, 9.17) is 0 Å². The molecule has 1 aromatic carbocycles. The van der Waals surface area contributed by atoms with Crippen molar-refractivity contribution in [1.82, 2.24) is 5.32 Å². The summed E-state index contributed by atoms with van der Waals surface area (Å²) in [5.41, 5.74) is -0.789. The van der Waals surface area contributed by atoms with Gasteiger partial charge in [0.25, 0.3) is 5.91 Å². The van der Waals surface area contributed by atoms with Gasteiger partial charge in [0.15, 0.2) is 0 Å². The van der Waals surface area contributed by atoms with Crippen molar-refractivity contribution >= 4 is 21.8 Å². The first-order valence-electron chi connectivity index (χ1n) is 7.03. The lowest BCUT2D eigenvalue weighted by atomic mass is 10.0. The van der Waals surface area contributed by atoms with Crippen LogP contribution in [0.2, 0.25) is 0 Å². The molecule has 0 saturated heterocycles. The van der Waals surface area contributed by atoms with Crippen LogP contribution in [0, 0.1) is 5.92 Å². The van der Waals surface area contributed by atoms with Crippen molar-refractivity contribution < 1.29 is 18.0 Å². The van der Waals surface area contributed by atoms with Gasteiger partial charge < -0.3 is 5.32 Å². The molecule has 0 aromatic heterocycles. The molecular weight excluding hydrogens is 347 g/mol. The van der Waals surface area contributed by atoms with Crippen LogP contribution in [0.15, 0.2) is 22.7 Å². The Bertz CT molecular complexity index is 510. The van der Waals surface area contributed by atoms with Gasteiger partial charge in [0.2, 0.25) is 0 Å². The van der Waals surface area contributed by atoms with E-state index in [0.717, 1.165) is 18.6 Å². The van der Waals surface area contributed by atoms with Crippen LogP contribution in [-0.2, 0) is 6.18 Å². The summed E-state index contributed by atoms with van der Waals surface area (Å²) in [5.74, 6) is 0.168. The number of benzene rings is 1. The van der Waals surface area contributed by atoms with Crippen molar-refractivity contribution in [3.8, 4) is 0 Å². The predicted octanol–water partition coefficient (Wildman–Crippen LogP) is 4.78. The number of carbonyl (C=O) groups excluding carboxylic acids is 1. The van der Waals surface area contributed by atoms with Gasteiger partial charge in [0.05, 0.1) is 11.1 Å². The average Bonchev–Trinajstić information content (AvgIpc) is 2.91. The molecule has 116 valence electrons. The van der Waals surface area contributed by atoms with E-state index in [1.165, 1.54) is 31.7 Å². The molecule has 1 aliphatic carbocycles. The second-order valence-corrected chi connectivity index (χ2v) is 6.24. The molecule has 21 heavy (non-hydrogen) atoms. The van der Waals surface area contributed by atoms with E-state index in [1.54, 1.807) is 0 Å². The number of amides is 1. The van der Waals surface area contributed by atoms with E-state index in [2.05, 4.69) is 21.2 Å². The summed E-state index contributed by atoms with van der Waals surface area (Å²) < 4.78 is 38.4. The third-order valence-corrected chi connectivity index (χ3v) is 4.54. The van der Waals surface area contributed by atoms with Crippen LogP contribution < -0.4 is 5.32 Å². The highest BCUT2D eigenvalue weighted by Crippen LogP contribution is 2.32. The topological polar surface area (TPSA) is 29.1 Å². The Morgan fingerprint density at radius 3 is 2.57 bits per heavy atom. The number of carbonyl (C=O) groups is 1. The maximum Gasteiger partial charge on any atom is 0.416 e. The second-order valence-electron chi connectivity index (χ2n) is 5.39. The third kappa shape index (κ3) is 4.46. The largest absolute Gasteiger partial charge is 0.416 e. The smallest absolute Gasteiger partial charge is 0.352 e. The Labute approximate surface area is 130 Å². The van der Waals surface area contributed by atoms with E-state index in [1.807, 2.05) is 0 Å². The zero-order chi connectivity index (χ0) is 15.5. The van der Waals surface area contributed by atoms with E-state index in [-0.39, 0.29) is 5.56 Å². The van der Waals surface area contributed by atoms with E-state index in [0.29, 0.717) is 16.9 Å². The van der Waals surface area contributed by atoms with Crippen molar-refractivity contribution in [2.24, 2.45) is 5.92 Å². The molecule has 0 heterocycles. The Morgan fingerprint density at radius 2 is 1.95 bits per heavy atom. The van der Waals surface area contributed by atoms with E-state index < -0.39 is 17.6 Å². The zero-order valence-electron chi connectivity index (χ0n) is 11.5. The van der Waals surface area contributed by atoms with Gasteiger partial charge in [0.1, 0.15) is 0 Å². The van der Waals surface area contributed by atoms with Crippen LogP contribution in [0.5, 0.6) is 0 Å². The highest BCUT2D eigenvalue weighted by atomic mass is 79.9. The van der Waals surface area contributed by atoms with Gasteiger partial charge in [-0.25, -0.2) is 0 Å². The van der Waals surface area contributed by atoms with Gasteiger partial charge >= 0.3 is 6.18 Å². The molecule has 1 aromatic rings. The number of nitrogens with one attached hydrogen (secondary N) is 1. The first-order valence-corrected chi connectivity index (χ1v) is 7.82.